The predicted molar refractivity (Wildman–Crippen MR) is 103 cm³/mol. The molecule has 27 heavy (non-hydrogen) atoms. The van der Waals surface area contributed by atoms with Gasteiger partial charge in [0, 0.05) is 17.2 Å². The van der Waals surface area contributed by atoms with Gasteiger partial charge in [-0.25, -0.2) is 0 Å². The summed E-state index contributed by atoms with van der Waals surface area (Å²) in [6, 6.07) is 11.5. The zero-order valence-electron chi connectivity index (χ0n) is 16.2. The predicted octanol–water partition coefficient (Wildman–Crippen LogP) is 4.61. The van der Waals surface area contributed by atoms with Crippen LogP contribution in [0.3, 0.4) is 0 Å². The highest BCUT2D eigenvalue weighted by atomic mass is 16.5. The highest BCUT2D eigenvalue weighted by Gasteiger charge is 2.17. The summed E-state index contributed by atoms with van der Waals surface area (Å²) in [5.74, 6) is 3.21. The summed E-state index contributed by atoms with van der Waals surface area (Å²) in [7, 11) is 6.41. The molecule has 2 aromatic carbocycles. The average molecular weight is 369 g/mol. The van der Waals surface area contributed by atoms with Gasteiger partial charge in [0.05, 0.1) is 28.4 Å². The fourth-order valence-corrected chi connectivity index (χ4v) is 2.98. The second-order valence-corrected chi connectivity index (χ2v) is 5.87. The van der Waals surface area contributed by atoms with Gasteiger partial charge in [0.25, 0.3) is 0 Å². The second-order valence-electron chi connectivity index (χ2n) is 5.87. The smallest absolute Gasteiger partial charge is 0.203 e. The number of nitrogens with zero attached hydrogens (tertiary/aromatic N) is 1. The number of hydrogen-bond donors (Lipinski definition) is 0. The average Bonchev–Trinajstić information content (AvgIpc) is 3.22. The van der Waals surface area contributed by atoms with Gasteiger partial charge in [-0.15, -0.1) is 0 Å². The zero-order valence-corrected chi connectivity index (χ0v) is 16.2. The van der Waals surface area contributed by atoms with Crippen molar-refractivity contribution in [3.8, 4) is 45.6 Å². The van der Waals surface area contributed by atoms with Crippen LogP contribution >= 0.6 is 0 Å². The van der Waals surface area contributed by atoms with Crippen LogP contribution in [0.1, 0.15) is 12.5 Å². The molecule has 0 spiro atoms. The highest BCUT2D eigenvalue weighted by Crippen LogP contribution is 2.41. The number of aryl methyl sites for hydroxylation is 1. The van der Waals surface area contributed by atoms with E-state index in [2.05, 4.69) is 18.1 Å². The Balaban J connectivity index is 2.01. The van der Waals surface area contributed by atoms with Crippen LogP contribution in [0.15, 0.2) is 40.9 Å². The summed E-state index contributed by atoms with van der Waals surface area (Å²) >= 11 is 0. The highest BCUT2D eigenvalue weighted by molar-refractivity contribution is 5.72. The fourth-order valence-electron chi connectivity index (χ4n) is 2.98. The van der Waals surface area contributed by atoms with Crippen LogP contribution in [0.2, 0.25) is 0 Å². The molecule has 0 aliphatic heterocycles. The minimum absolute atomic E-state index is 0.537. The van der Waals surface area contributed by atoms with Gasteiger partial charge in [-0.3, -0.25) is 0 Å². The van der Waals surface area contributed by atoms with E-state index < -0.39 is 0 Å². The number of benzene rings is 2. The molecule has 1 aromatic heterocycles. The van der Waals surface area contributed by atoms with Gasteiger partial charge in [0.15, 0.2) is 17.3 Å². The van der Waals surface area contributed by atoms with E-state index in [-0.39, 0.29) is 0 Å². The van der Waals surface area contributed by atoms with Crippen LogP contribution in [0.4, 0.5) is 0 Å². The lowest BCUT2D eigenvalue weighted by Gasteiger charge is -2.13. The maximum atomic E-state index is 5.58. The molecule has 6 heteroatoms. The molecular formula is C21H23NO5. The van der Waals surface area contributed by atoms with E-state index in [9.17, 15) is 0 Å². The van der Waals surface area contributed by atoms with Crippen molar-refractivity contribution in [2.75, 3.05) is 28.4 Å². The molecule has 0 saturated heterocycles. The van der Waals surface area contributed by atoms with Gasteiger partial charge in [0.1, 0.15) is 11.4 Å². The Morgan fingerprint density at radius 2 is 1.44 bits per heavy atom. The van der Waals surface area contributed by atoms with Crippen LogP contribution < -0.4 is 18.9 Å². The van der Waals surface area contributed by atoms with E-state index in [1.54, 1.807) is 28.4 Å². The molecule has 6 nitrogen and oxygen atoms in total. The number of hydrogen-bond acceptors (Lipinski definition) is 6. The summed E-state index contributed by atoms with van der Waals surface area (Å²) in [4.78, 5) is 0. The molecular weight excluding hydrogens is 346 g/mol. The largest absolute Gasteiger partial charge is 0.496 e. The Hall–Kier alpha value is -3.15. The third-order valence-corrected chi connectivity index (χ3v) is 4.42. The van der Waals surface area contributed by atoms with Crippen molar-refractivity contribution in [3.63, 3.8) is 0 Å². The Kier molecular flexibility index (Phi) is 5.54. The van der Waals surface area contributed by atoms with Crippen molar-refractivity contribution in [2.24, 2.45) is 0 Å². The van der Waals surface area contributed by atoms with Crippen LogP contribution in [0, 0.1) is 0 Å². The lowest BCUT2D eigenvalue weighted by atomic mass is 10.0. The van der Waals surface area contributed by atoms with Crippen molar-refractivity contribution in [1.29, 1.82) is 0 Å². The molecule has 3 rings (SSSR count). The number of rotatable bonds is 7. The van der Waals surface area contributed by atoms with E-state index in [0.29, 0.717) is 28.7 Å². The Morgan fingerprint density at radius 3 is 2.00 bits per heavy atom. The summed E-state index contributed by atoms with van der Waals surface area (Å²) < 4.78 is 27.2. The minimum Gasteiger partial charge on any atom is -0.496 e. The third kappa shape index (κ3) is 3.56. The summed E-state index contributed by atoms with van der Waals surface area (Å²) in [5.41, 5.74) is 3.54. The van der Waals surface area contributed by atoms with Crippen molar-refractivity contribution < 1.29 is 23.5 Å². The van der Waals surface area contributed by atoms with E-state index in [1.807, 2.05) is 30.3 Å². The molecule has 1 heterocycles. The first-order valence-electron chi connectivity index (χ1n) is 8.59. The molecule has 0 N–H and O–H groups in total. The van der Waals surface area contributed by atoms with Crippen LogP contribution in [-0.2, 0) is 6.42 Å². The first kappa shape index (κ1) is 18.6. The molecule has 0 amide bonds. The summed E-state index contributed by atoms with van der Waals surface area (Å²) in [6.45, 7) is 2.09. The van der Waals surface area contributed by atoms with Crippen molar-refractivity contribution in [3.05, 3.63) is 42.0 Å². The lowest BCUT2D eigenvalue weighted by Crippen LogP contribution is -1.95. The summed E-state index contributed by atoms with van der Waals surface area (Å²) in [6.07, 6.45) is 0.866. The SMILES string of the molecule is CCc1cc(-c2cc(-c3cc(OC)c(OC)c(OC)c3)no2)ccc1OC. The Morgan fingerprint density at radius 1 is 0.778 bits per heavy atom. The Bertz CT molecular complexity index is 907. The Labute approximate surface area is 158 Å². The first-order chi connectivity index (χ1) is 13.1. The first-order valence-corrected chi connectivity index (χ1v) is 8.59. The van der Waals surface area contributed by atoms with Crippen molar-refractivity contribution >= 4 is 0 Å². The van der Waals surface area contributed by atoms with Gasteiger partial charge in [0.2, 0.25) is 5.75 Å². The van der Waals surface area contributed by atoms with E-state index in [4.69, 9.17) is 23.5 Å². The molecule has 0 radical (unpaired) electrons. The topological polar surface area (TPSA) is 63.0 Å². The van der Waals surface area contributed by atoms with E-state index >= 15 is 0 Å². The van der Waals surface area contributed by atoms with Crippen molar-refractivity contribution in [2.45, 2.75) is 13.3 Å². The summed E-state index contributed by atoms with van der Waals surface area (Å²) in [5, 5.41) is 4.21. The molecule has 0 bridgehead atoms. The molecule has 0 aliphatic carbocycles. The molecule has 0 saturated carbocycles. The number of methoxy groups -OCH3 is 4. The van der Waals surface area contributed by atoms with Gasteiger partial charge in [-0.05, 0) is 42.3 Å². The van der Waals surface area contributed by atoms with E-state index in [1.165, 1.54) is 0 Å². The second kappa shape index (κ2) is 8.03. The van der Waals surface area contributed by atoms with E-state index in [0.717, 1.165) is 28.9 Å². The number of aromatic nitrogens is 1. The number of ether oxygens (including phenoxy) is 4. The van der Waals surface area contributed by atoms with Gasteiger partial charge < -0.3 is 23.5 Å². The molecule has 0 aliphatic rings. The van der Waals surface area contributed by atoms with Gasteiger partial charge in [-0.1, -0.05) is 12.1 Å². The van der Waals surface area contributed by atoms with Crippen LogP contribution in [-0.4, -0.2) is 33.6 Å². The maximum Gasteiger partial charge on any atom is 0.203 e. The maximum absolute atomic E-state index is 5.58. The molecule has 0 atom stereocenters. The normalized spacial score (nSPS) is 10.6. The minimum atomic E-state index is 0.537. The van der Waals surface area contributed by atoms with Gasteiger partial charge in [-0.2, -0.15) is 0 Å². The fraction of sp³-hybridized carbons (Fsp3) is 0.286. The van der Waals surface area contributed by atoms with Crippen molar-refractivity contribution in [1.82, 2.24) is 5.16 Å². The zero-order chi connectivity index (χ0) is 19.4. The molecule has 3 aromatic rings. The van der Waals surface area contributed by atoms with Crippen LogP contribution in [0.25, 0.3) is 22.6 Å². The molecule has 0 fully saturated rings. The monoisotopic (exact) mass is 369 g/mol. The van der Waals surface area contributed by atoms with Gasteiger partial charge >= 0.3 is 0 Å². The standard InChI is InChI=1S/C21H23NO5/c1-6-13-9-14(7-8-17(13)23-2)18-12-16(22-27-18)15-10-19(24-3)21(26-5)20(11-15)25-4/h7-12H,6H2,1-5H3. The molecule has 142 valence electrons. The molecule has 0 unspecified atom stereocenters. The quantitative estimate of drug-likeness (QED) is 0.606. The lowest BCUT2D eigenvalue weighted by molar-refractivity contribution is 0.324. The third-order valence-electron chi connectivity index (χ3n) is 4.42. The van der Waals surface area contributed by atoms with Crippen LogP contribution in [0.5, 0.6) is 23.0 Å².